The van der Waals surface area contributed by atoms with E-state index >= 15 is 0 Å². The maximum atomic E-state index is 2.37. The first-order valence-corrected chi connectivity index (χ1v) is 24.0. The molecule has 3 heterocycles. The third kappa shape index (κ3) is 6.90. The van der Waals surface area contributed by atoms with Crippen LogP contribution in [0.1, 0.15) is 0 Å². The maximum absolute atomic E-state index is 2.37. The first kappa shape index (κ1) is 39.6. The van der Waals surface area contributed by atoms with Gasteiger partial charge in [-0.2, -0.15) is 0 Å². The van der Waals surface area contributed by atoms with Crippen molar-refractivity contribution >= 4 is 72.0 Å². The molecule has 13 aromatic rings. The summed E-state index contributed by atoms with van der Waals surface area (Å²) in [7, 11) is 0. The zero-order chi connectivity index (χ0) is 45.0. The molecule has 3 nitrogen and oxygen atoms in total. The second-order valence-corrected chi connectivity index (χ2v) is 18.4. The first-order valence-electron chi connectivity index (χ1n) is 23.2. The molecule has 0 aliphatic rings. The highest BCUT2D eigenvalue weighted by atomic mass is 32.1. The van der Waals surface area contributed by atoms with Crippen molar-refractivity contribution in [3.63, 3.8) is 0 Å². The van der Waals surface area contributed by atoms with Gasteiger partial charge in [-0.1, -0.05) is 164 Å². The van der Waals surface area contributed by atoms with Crippen LogP contribution in [-0.2, 0) is 0 Å². The molecule has 0 aliphatic carbocycles. The Balaban J connectivity index is 0.824. The number of para-hydroxylation sites is 4. The zero-order valence-corrected chi connectivity index (χ0v) is 37.9. The van der Waals surface area contributed by atoms with Crippen LogP contribution in [0.3, 0.4) is 0 Å². The predicted octanol–water partition coefficient (Wildman–Crippen LogP) is 18.1. The summed E-state index contributed by atoms with van der Waals surface area (Å²) in [6.45, 7) is 0. The summed E-state index contributed by atoms with van der Waals surface area (Å²) in [6.07, 6.45) is 0. The van der Waals surface area contributed by atoms with E-state index in [2.05, 4.69) is 275 Å². The lowest BCUT2D eigenvalue weighted by atomic mass is 10.0. The van der Waals surface area contributed by atoms with E-state index in [0.717, 1.165) is 28.4 Å². The monoisotopic (exact) mass is 885 g/mol. The topological polar surface area (TPSA) is 13.1 Å². The third-order valence-electron chi connectivity index (χ3n) is 13.4. The molecule has 0 atom stereocenters. The number of rotatable bonds is 9. The van der Waals surface area contributed by atoms with Gasteiger partial charge < -0.3 is 14.0 Å². The average Bonchev–Trinajstić information content (AvgIpc) is 4.14. The van der Waals surface area contributed by atoms with Crippen LogP contribution in [0.2, 0.25) is 0 Å². The second kappa shape index (κ2) is 16.6. The molecule has 10 aromatic carbocycles. The van der Waals surface area contributed by atoms with Gasteiger partial charge in [0.15, 0.2) is 0 Å². The van der Waals surface area contributed by atoms with E-state index in [4.69, 9.17) is 0 Å². The lowest BCUT2D eigenvalue weighted by Gasteiger charge is -2.26. The van der Waals surface area contributed by atoms with Gasteiger partial charge in [0.1, 0.15) is 0 Å². The highest BCUT2D eigenvalue weighted by Gasteiger charge is 2.17. The van der Waals surface area contributed by atoms with E-state index in [0.29, 0.717) is 0 Å². The average molecular weight is 886 g/mol. The Labute approximate surface area is 399 Å². The molecule has 0 N–H and O–H groups in total. The van der Waals surface area contributed by atoms with Gasteiger partial charge in [-0.25, -0.2) is 0 Å². The number of nitrogens with zero attached hydrogens (tertiary/aromatic N) is 3. The summed E-state index contributed by atoms with van der Waals surface area (Å²) in [5.74, 6) is 0. The molecule has 0 saturated carbocycles. The van der Waals surface area contributed by atoms with Crippen LogP contribution in [0.5, 0.6) is 0 Å². The fourth-order valence-corrected chi connectivity index (χ4v) is 11.1. The van der Waals surface area contributed by atoms with Crippen molar-refractivity contribution in [1.82, 2.24) is 9.13 Å². The van der Waals surface area contributed by atoms with Gasteiger partial charge in [-0.15, -0.1) is 11.3 Å². The number of aromatic nitrogens is 2. The third-order valence-corrected chi connectivity index (χ3v) is 14.6. The normalized spacial score (nSPS) is 11.5. The van der Waals surface area contributed by atoms with Crippen LogP contribution in [0.25, 0.3) is 98.1 Å². The van der Waals surface area contributed by atoms with Crippen molar-refractivity contribution in [2.45, 2.75) is 0 Å². The van der Waals surface area contributed by atoms with Crippen LogP contribution >= 0.6 is 11.3 Å². The van der Waals surface area contributed by atoms with Crippen molar-refractivity contribution < 1.29 is 0 Å². The fourth-order valence-electron chi connectivity index (χ4n) is 10.1. The van der Waals surface area contributed by atoms with E-state index in [1.807, 2.05) is 11.3 Å². The summed E-state index contributed by atoms with van der Waals surface area (Å²) in [6, 6.07) is 94.7. The Morgan fingerprint density at radius 3 is 0.868 bits per heavy atom. The molecule has 0 aliphatic heterocycles. The van der Waals surface area contributed by atoms with Crippen LogP contribution in [-0.4, -0.2) is 9.13 Å². The quantitative estimate of drug-likeness (QED) is 0.141. The molecular weight excluding hydrogens is 843 g/mol. The van der Waals surface area contributed by atoms with E-state index in [9.17, 15) is 0 Å². The van der Waals surface area contributed by atoms with Gasteiger partial charge in [0, 0.05) is 59.7 Å². The van der Waals surface area contributed by atoms with Gasteiger partial charge in [-0.3, -0.25) is 0 Å². The van der Waals surface area contributed by atoms with E-state index < -0.39 is 0 Å². The summed E-state index contributed by atoms with van der Waals surface area (Å²) < 4.78 is 4.74. The van der Waals surface area contributed by atoms with Crippen molar-refractivity contribution in [3.05, 3.63) is 261 Å². The maximum Gasteiger partial charge on any atom is 0.0541 e. The van der Waals surface area contributed by atoms with Gasteiger partial charge in [-0.05, 0) is 130 Å². The summed E-state index contributed by atoms with van der Waals surface area (Å²) in [5.41, 5.74) is 17.6. The largest absolute Gasteiger partial charge is 0.311 e. The minimum Gasteiger partial charge on any atom is -0.311 e. The number of thiophene rings is 1. The number of anilines is 3. The Hall–Kier alpha value is -8.70. The number of hydrogen-bond acceptors (Lipinski definition) is 2. The lowest BCUT2D eigenvalue weighted by Crippen LogP contribution is -2.09. The Morgan fingerprint density at radius 1 is 0.235 bits per heavy atom. The number of fused-ring (bicyclic) bond motifs is 6. The van der Waals surface area contributed by atoms with Crippen LogP contribution in [0.15, 0.2) is 261 Å². The molecule has 0 amide bonds. The SMILES string of the molecule is c1ccc(-c2ccc(-c3ccc(N(c4ccc(-c5ccc(-n6c7ccccc7c7ccccc76)cc5)cc4)c4ccc(-c5ccc(-n6c7ccccc7c7ccccc76)cc5)cc4)cc3)s2)cc1. The van der Waals surface area contributed by atoms with Gasteiger partial charge in [0.05, 0.1) is 22.1 Å². The lowest BCUT2D eigenvalue weighted by molar-refractivity contribution is 1.18. The summed E-state index contributed by atoms with van der Waals surface area (Å²) in [5, 5.41) is 5.08. The van der Waals surface area contributed by atoms with Crippen molar-refractivity contribution in [2.75, 3.05) is 4.90 Å². The van der Waals surface area contributed by atoms with Crippen LogP contribution in [0, 0.1) is 0 Å². The second-order valence-electron chi connectivity index (χ2n) is 17.3. The minimum absolute atomic E-state index is 1.09. The fraction of sp³-hybridized carbons (Fsp3) is 0. The standard InChI is InChI=1S/C64H43N3S/c1-2-12-48(13-3-1)63-42-43-64(68-63)49-30-40-52(41-31-49)65(50-32-22-44(23-33-50)46-26-36-53(37-27-46)66-59-18-8-4-14-55(59)56-15-5-9-19-60(56)66)51-34-24-45(25-35-51)47-28-38-54(39-29-47)67-61-20-10-6-16-57(61)58-17-7-11-21-62(58)67/h1-43H. The highest BCUT2D eigenvalue weighted by molar-refractivity contribution is 7.18. The number of hydrogen-bond donors (Lipinski definition) is 0. The van der Waals surface area contributed by atoms with Crippen LogP contribution < -0.4 is 4.90 Å². The predicted molar refractivity (Wildman–Crippen MR) is 289 cm³/mol. The Bertz CT molecular complexity index is 3610. The molecule has 3 aromatic heterocycles. The molecule has 0 spiro atoms. The molecule has 320 valence electrons. The van der Waals surface area contributed by atoms with Crippen molar-refractivity contribution in [2.24, 2.45) is 0 Å². The van der Waals surface area contributed by atoms with Gasteiger partial charge >= 0.3 is 0 Å². The van der Waals surface area contributed by atoms with Crippen LogP contribution in [0.4, 0.5) is 17.1 Å². The zero-order valence-electron chi connectivity index (χ0n) is 37.1. The molecule has 0 bridgehead atoms. The van der Waals surface area contributed by atoms with Crippen molar-refractivity contribution in [1.29, 1.82) is 0 Å². The molecule has 0 unspecified atom stereocenters. The smallest absolute Gasteiger partial charge is 0.0541 e. The molecule has 0 fully saturated rings. The first-order chi connectivity index (χ1) is 33.7. The van der Waals surface area contributed by atoms with E-state index in [1.165, 1.54) is 86.7 Å². The summed E-state index contributed by atoms with van der Waals surface area (Å²) in [4.78, 5) is 4.89. The van der Waals surface area contributed by atoms with E-state index in [-0.39, 0.29) is 0 Å². The van der Waals surface area contributed by atoms with Crippen molar-refractivity contribution in [3.8, 4) is 54.5 Å². The molecule has 0 saturated heterocycles. The molecule has 13 rings (SSSR count). The Morgan fingerprint density at radius 2 is 0.515 bits per heavy atom. The molecular formula is C64H43N3S. The molecule has 68 heavy (non-hydrogen) atoms. The number of benzene rings is 10. The minimum atomic E-state index is 1.09. The highest BCUT2D eigenvalue weighted by Crippen LogP contribution is 2.41. The Kier molecular flexibility index (Phi) is 9.69. The summed E-state index contributed by atoms with van der Waals surface area (Å²) >= 11 is 1.83. The molecule has 4 heteroatoms. The van der Waals surface area contributed by atoms with Gasteiger partial charge in [0.2, 0.25) is 0 Å². The molecule has 0 radical (unpaired) electrons. The van der Waals surface area contributed by atoms with E-state index in [1.54, 1.807) is 0 Å². The van der Waals surface area contributed by atoms with Gasteiger partial charge in [0.25, 0.3) is 0 Å².